The van der Waals surface area contributed by atoms with Gasteiger partial charge in [0, 0.05) is 23.5 Å². The molecule has 3 N–H and O–H groups in total. The van der Waals surface area contributed by atoms with Gasteiger partial charge < -0.3 is 16.0 Å². The molecule has 0 aromatic heterocycles. The van der Waals surface area contributed by atoms with Gasteiger partial charge in [-0.2, -0.15) is 0 Å². The number of hydrogen-bond donors (Lipinski definition) is 3. The van der Waals surface area contributed by atoms with Gasteiger partial charge in [0.05, 0.1) is 11.3 Å². The standard InChI is InChI=1S/C28H25N3O2/c32-27(20-15-21-9-3-1-4-10-21)31-26-14-8-7-13-25(26)28(33)30-24-18-16-23(17-19-24)29-22-11-5-2-6-12-22/h1-14,16-19,29H,15,20H2,(H,30,33)(H,31,32). The average Bonchev–Trinajstić information content (AvgIpc) is 2.85. The maximum absolute atomic E-state index is 12.9. The van der Waals surface area contributed by atoms with Crippen LogP contribution in [0.4, 0.5) is 22.7 Å². The topological polar surface area (TPSA) is 70.2 Å². The summed E-state index contributed by atoms with van der Waals surface area (Å²) >= 11 is 0. The van der Waals surface area contributed by atoms with Crippen LogP contribution >= 0.6 is 0 Å². The monoisotopic (exact) mass is 435 g/mol. The van der Waals surface area contributed by atoms with Crippen molar-refractivity contribution in [3.63, 3.8) is 0 Å². The summed E-state index contributed by atoms with van der Waals surface area (Å²) in [6.45, 7) is 0. The summed E-state index contributed by atoms with van der Waals surface area (Å²) in [5, 5.41) is 9.09. The smallest absolute Gasteiger partial charge is 0.257 e. The van der Waals surface area contributed by atoms with Crippen LogP contribution in [-0.4, -0.2) is 11.8 Å². The fourth-order valence-electron chi connectivity index (χ4n) is 3.43. The predicted octanol–water partition coefficient (Wildman–Crippen LogP) is 6.25. The van der Waals surface area contributed by atoms with Crippen LogP contribution in [0.15, 0.2) is 109 Å². The molecule has 4 aromatic rings. The number of carbonyl (C=O) groups excluding carboxylic acids is 2. The molecule has 33 heavy (non-hydrogen) atoms. The van der Waals surface area contributed by atoms with Crippen molar-refractivity contribution in [1.29, 1.82) is 0 Å². The van der Waals surface area contributed by atoms with Crippen LogP contribution in [0.1, 0.15) is 22.3 Å². The molecule has 0 bridgehead atoms. The van der Waals surface area contributed by atoms with Crippen LogP contribution in [0.25, 0.3) is 0 Å². The van der Waals surface area contributed by atoms with Gasteiger partial charge >= 0.3 is 0 Å². The van der Waals surface area contributed by atoms with E-state index in [1.165, 1.54) is 0 Å². The first-order chi connectivity index (χ1) is 16.2. The molecule has 0 aliphatic heterocycles. The molecule has 0 unspecified atom stereocenters. The number of aryl methyl sites for hydroxylation is 1. The van der Waals surface area contributed by atoms with Crippen LogP contribution in [-0.2, 0) is 11.2 Å². The number of amides is 2. The Bertz CT molecular complexity index is 1210. The third kappa shape index (κ3) is 6.31. The second kappa shape index (κ2) is 10.8. The lowest BCUT2D eigenvalue weighted by Gasteiger charge is -2.12. The van der Waals surface area contributed by atoms with Crippen molar-refractivity contribution in [2.75, 3.05) is 16.0 Å². The first kappa shape index (κ1) is 21.8. The van der Waals surface area contributed by atoms with Gasteiger partial charge in [0.1, 0.15) is 0 Å². The van der Waals surface area contributed by atoms with E-state index in [2.05, 4.69) is 16.0 Å². The number of anilines is 4. The molecular formula is C28H25N3O2. The summed E-state index contributed by atoms with van der Waals surface area (Å²) in [5.74, 6) is -0.409. The lowest BCUT2D eigenvalue weighted by molar-refractivity contribution is -0.116. The quantitative estimate of drug-likeness (QED) is 0.306. The Kier molecular flexibility index (Phi) is 7.13. The molecule has 0 spiro atoms. The zero-order valence-corrected chi connectivity index (χ0v) is 18.1. The highest BCUT2D eigenvalue weighted by atomic mass is 16.2. The Morgan fingerprint density at radius 3 is 1.88 bits per heavy atom. The van der Waals surface area contributed by atoms with Crippen LogP contribution in [0.2, 0.25) is 0 Å². The van der Waals surface area contributed by atoms with Crippen molar-refractivity contribution in [3.05, 3.63) is 120 Å². The maximum atomic E-state index is 12.9. The van der Waals surface area contributed by atoms with Crippen LogP contribution in [0.3, 0.4) is 0 Å². The fourth-order valence-corrected chi connectivity index (χ4v) is 3.43. The van der Waals surface area contributed by atoms with Gasteiger partial charge in [-0.15, -0.1) is 0 Å². The molecule has 4 rings (SSSR count). The van der Waals surface area contributed by atoms with Gasteiger partial charge in [-0.1, -0.05) is 60.7 Å². The second-order valence-corrected chi connectivity index (χ2v) is 7.60. The molecule has 0 saturated carbocycles. The Morgan fingerprint density at radius 1 is 0.576 bits per heavy atom. The van der Waals surface area contributed by atoms with E-state index in [9.17, 15) is 9.59 Å². The minimum Gasteiger partial charge on any atom is -0.356 e. The average molecular weight is 436 g/mol. The summed E-state index contributed by atoms with van der Waals surface area (Å²) < 4.78 is 0. The minimum atomic E-state index is -0.280. The van der Waals surface area contributed by atoms with E-state index in [1.807, 2.05) is 84.9 Å². The van der Waals surface area contributed by atoms with Crippen molar-refractivity contribution in [1.82, 2.24) is 0 Å². The Morgan fingerprint density at radius 2 is 1.15 bits per heavy atom. The first-order valence-corrected chi connectivity index (χ1v) is 10.8. The lowest BCUT2D eigenvalue weighted by Crippen LogP contribution is -2.18. The molecule has 0 aliphatic rings. The van der Waals surface area contributed by atoms with Gasteiger partial charge in [-0.05, 0) is 60.5 Å². The van der Waals surface area contributed by atoms with E-state index >= 15 is 0 Å². The third-order valence-electron chi connectivity index (χ3n) is 5.13. The number of para-hydroxylation sites is 2. The molecular weight excluding hydrogens is 410 g/mol. The number of benzene rings is 4. The van der Waals surface area contributed by atoms with Crippen molar-refractivity contribution in [2.24, 2.45) is 0 Å². The molecule has 0 fully saturated rings. The molecule has 5 nitrogen and oxygen atoms in total. The van der Waals surface area contributed by atoms with Crippen molar-refractivity contribution in [3.8, 4) is 0 Å². The van der Waals surface area contributed by atoms with Gasteiger partial charge in [-0.3, -0.25) is 9.59 Å². The zero-order valence-electron chi connectivity index (χ0n) is 18.1. The van der Waals surface area contributed by atoms with Gasteiger partial charge in [0.2, 0.25) is 5.91 Å². The van der Waals surface area contributed by atoms with E-state index in [1.54, 1.807) is 24.3 Å². The number of rotatable bonds is 8. The zero-order chi connectivity index (χ0) is 22.9. The molecule has 2 amide bonds. The summed E-state index contributed by atoms with van der Waals surface area (Å²) in [6.07, 6.45) is 0.986. The van der Waals surface area contributed by atoms with Crippen LogP contribution in [0, 0.1) is 0 Å². The van der Waals surface area contributed by atoms with Crippen molar-refractivity contribution in [2.45, 2.75) is 12.8 Å². The molecule has 0 atom stereocenters. The molecule has 0 saturated heterocycles. The van der Waals surface area contributed by atoms with E-state index in [0.717, 1.165) is 16.9 Å². The Labute approximate surface area is 193 Å². The highest BCUT2D eigenvalue weighted by Gasteiger charge is 2.13. The van der Waals surface area contributed by atoms with E-state index in [4.69, 9.17) is 0 Å². The van der Waals surface area contributed by atoms with E-state index in [-0.39, 0.29) is 11.8 Å². The van der Waals surface area contributed by atoms with Crippen molar-refractivity contribution >= 4 is 34.6 Å². The van der Waals surface area contributed by atoms with Crippen LogP contribution in [0.5, 0.6) is 0 Å². The molecule has 0 heterocycles. The summed E-state index contributed by atoms with van der Waals surface area (Å²) in [7, 11) is 0. The molecule has 0 aliphatic carbocycles. The molecule has 0 radical (unpaired) electrons. The SMILES string of the molecule is O=C(CCc1ccccc1)Nc1ccccc1C(=O)Nc1ccc(Nc2ccccc2)cc1. The molecule has 4 aromatic carbocycles. The van der Waals surface area contributed by atoms with E-state index < -0.39 is 0 Å². The molecule has 5 heteroatoms. The Balaban J connectivity index is 1.37. The second-order valence-electron chi connectivity index (χ2n) is 7.60. The molecule has 164 valence electrons. The largest absolute Gasteiger partial charge is 0.356 e. The normalized spacial score (nSPS) is 10.3. The summed E-state index contributed by atoms with van der Waals surface area (Å²) in [5.41, 5.74) is 4.59. The number of nitrogens with one attached hydrogen (secondary N) is 3. The summed E-state index contributed by atoms with van der Waals surface area (Å²) in [6, 6.07) is 34.2. The highest BCUT2D eigenvalue weighted by Crippen LogP contribution is 2.21. The van der Waals surface area contributed by atoms with Crippen molar-refractivity contribution < 1.29 is 9.59 Å². The van der Waals surface area contributed by atoms with Gasteiger partial charge in [-0.25, -0.2) is 0 Å². The van der Waals surface area contributed by atoms with E-state index in [0.29, 0.717) is 29.8 Å². The fraction of sp³-hybridized carbons (Fsp3) is 0.0714. The van der Waals surface area contributed by atoms with Crippen LogP contribution < -0.4 is 16.0 Å². The maximum Gasteiger partial charge on any atom is 0.257 e. The minimum absolute atomic E-state index is 0.129. The number of hydrogen-bond acceptors (Lipinski definition) is 3. The number of carbonyl (C=O) groups is 2. The Hall–Kier alpha value is -4.38. The van der Waals surface area contributed by atoms with Gasteiger partial charge in [0.25, 0.3) is 5.91 Å². The summed E-state index contributed by atoms with van der Waals surface area (Å²) in [4.78, 5) is 25.4. The lowest BCUT2D eigenvalue weighted by atomic mass is 10.1. The third-order valence-corrected chi connectivity index (χ3v) is 5.13. The predicted molar refractivity (Wildman–Crippen MR) is 134 cm³/mol. The first-order valence-electron chi connectivity index (χ1n) is 10.8. The highest BCUT2D eigenvalue weighted by molar-refractivity contribution is 6.10. The van der Waals surface area contributed by atoms with Gasteiger partial charge in [0.15, 0.2) is 0 Å².